The smallest absolute Gasteiger partial charge is 0.209 e. The average molecular weight is 214 g/mol. The predicted octanol–water partition coefficient (Wildman–Crippen LogP) is 0.776. The SMILES string of the molecule is Cc1oc(N)c(S(=O)(=O)CC#N)c1C. The summed E-state index contributed by atoms with van der Waals surface area (Å²) in [6.45, 7) is 3.22. The first-order chi connectivity index (χ1) is 6.40. The summed E-state index contributed by atoms with van der Waals surface area (Å²) in [7, 11) is -3.63. The second kappa shape index (κ2) is 3.35. The van der Waals surface area contributed by atoms with Gasteiger partial charge >= 0.3 is 0 Å². The third-order valence-electron chi connectivity index (χ3n) is 1.92. The maximum Gasteiger partial charge on any atom is 0.209 e. The summed E-state index contributed by atoms with van der Waals surface area (Å²) in [5, 5.41) is 8.35. The van der Waals surface area contributed by atoms with Crippen molar-refractivity contribution >= 4 is 15.7 Å². The number of anilines is 1. The van der Waals surface area contributed by atoms with Crippen molar-refractivity contribution in [2.45, 2.75) is 18.7 Å². The van der Waals surface area contributed by atoms with Gasteiger partial charge in [0.2, 0.25) is 5.88 Å². The second-order valence-corrected chi connectivity index (χ2v) is 4.82. The number of furan rings is 1. The molecule has 76 valence electrons. The lowest BCUT2D eigenvalue weighted by atomic mass is 10.3. The van der Waals surface area contributed by atoms with E-state index in [-0.39, 0.29) is 10.8 Å². The standard InChI is InChI=1S/C8H10N2O3S/c1-5-6(2)13-8(10)7(5)14(11,12)4-3-9/h4,10H2,1-2H3. The van der Waals surface area contributed by atoms with Gasteiger partial charge in [-0.1, -0.05) is 0 Å². The van der Waals surface area contributed by atoms with Crippen LogP contribution in [0.15, 0.2) is 9.31 Å². The molecule has 0 aliphatic rings. The van der Waals surface area contributed by atoms with Crippen LogP contribution in [0, 0.1) is 25.2 Å². The van der Waals surface area contributed by atoms with Crippen molar-refractivity contribution in [1.82, 2.24) is 0 Å². The molecule has 14 heavy (non-hydrogen) atoms. The van der Waals surface area contributed by atoms with E-state index < -0.39 is 15.6 Å². The van der Waals surface area contributed by atoms with Crippen LogP contribution in [0.3, 0.4) is 0 Å². The largest absolute Gasteiger partial charge is 0.445 e. The molecule has 1 aromatic heterocycles. The van der Waals surface area contributed by atoms with Crippen LogP contribution in [-0.2, 0) is 9.84 Å². The molecular weight excluding hydrogens is 204 g/mol. The highest BCUT2D eigenvalue weighted by atomic mass is 32.2. The zero-order valence-electron chi connectivity index (χ0n) is 7.86. The van der Waals surface area contributed by atoms with Crippen LogP contribution in [-0.4, -0.2) is 14.2 Å². The zero-order chi connectivity index (χ0) is 10.9. The molecule has 0 aliphatic heterocycles. The van der Waals surface area contributed by atoms with E-state index in [1.54, 1.807) is 19.9 Å². The van der Waals surface area contributed by atoms with Gasteiger partial charge in [0, 0.05) is 5.56 Å². The highest BCUT2D eigenvalue weighted by Gasteiger charge is 2.24. The van der Waals surface area contributed by atoms with Crippen molar-refractivity contribution in [1.29, 1.82) is 5.26 Å². The average Bonchev–Trinajstić information content (AvgIpc) is 2.26. The second-order valence-electron chi connectivity index (χ2n) is 2.89. The highest BCUT2D eigenvalue weighted by molar-refractivity contribution is 7.91. The molecule has 0 amide bonds. The summed E-state index contributed by atoms with van der Waals surface area (Å²) < 4.78 is 28.0. The van der Waals surface area contributed by atoms with Crippen molar-refractivity contribution in [3.8, 4) is 6.07 Å². The number of nitrogens with two attached hydrogens (primary N) is 1. The topological polar surface area (TPSA) is 97.1 Å². The fourth-order valence-electron chi connectivity index (χ4n) is 1.18. The monoisotopic (exact) mass is 214 g/mol. The van der Waals surface area contributed by atoms with Gasteiger partial charge in [-0.15, -0.1) is 0 Å². The molecule has 0 atom stereocenters. The summed E-state index contributed by atoms with van der Waals surface area (Å²) in [4.78, 5) is -0.0587. The molecule has 5 nitrogen and oxygen atoms in total. The summed E-state index contributed by atoms with van der Waals surface area (Å²) in [5.74, 6) is -0.272. The molecular formula is C8H10N2O3S. The molecule has 6 heteroatoms. The Morgan fingerprint density at radius 1 is 1.50 bits per heavy atom. The van der Waals surface area contributed by atoms with Gasteiger partial charge < -0.3 is 10.2 Å². The Hall–Kier alpha value is -1.48. The fourth-order valence-corrected chi connectivity index (χ4v) is 2.45. The molecule has 0 aliphatic carbocycles. The summed E-state index contributed by atoms with van der Waals surface area (Å²) in [6, 6.07) is 1.58. The Morgan fingerprint density at radius 3 is 2.43 bits per heavy atom. The van der Waals surface area contributed by atoms with Crippen LogP contribution in [0.2, 0.25) is 0 Å². The molecule has 0 fully saturated rings. The van der Waals surface area contributed by atoms with E-state index in [2.05, 4.69) is 0 Å². The van der Waals surface area contributed by atoms with Crippen molar-refractivity contribution in [2.75, 3.05) is 11.5 Å². The predicted molar refractivity (Wildman–Crippen MR) is 50.3 cm³/mol. The minimum absolute atomic E-state index is 0.0587. The summed E-state index contributed by atoms with van der Waals surface area (Å²) >= 11 is 0. The molecule has 0 saturated heterocycles. The molecule has 1 aromatic rings. The molecule has 2 N–H and O–H groups in total. The molecule has 0 unspecified atom stereocenters. The molecule has 1 rings (SSSR count). The van der Waals surface area contributed by atoms with Gasteiger partial charge in [0.05, 0.1) is 6.07 Å². The van der Waals surface area contributed by atoms with Gasteiger partial charge in [-0.3, -0.25) is 0 Å². The van der Waals surface area contributed by atoms with Gasteiger partial charge in [-0.25, -0.2) is 8.42 Å². The first kappa shape index (κ1) is 10.6. The molecule has 1 heterocycles. The van der Waals surface area contributed by atoms with E-state index in [0.717, 1.165) is 0 Å². The van der Waals surface area contributed by atoms with E-state index in [0.29, 0.717) is 11.3 Å². The van der Waals surface area contributed by atoms with Crippen LogP contribution in [0.25, 0.3) is 0 Å². The maximum absolute atomic E-state index is 11.5. The van der Waals surface area contributed by atoms with E-state index >= 15 is 0 Å². The lowest BCUT2D eigenvalue weighted by Gasteiger charge is -1.97. The van der Waals surface area contributed by atoms with E-state index in [4.69, 9.17) is 15.4 Å². The fraction of sp³-hybridized carbons (Fsp3) is 0.375. The van der Waals surface area contributed by atoms with Crippen LogP contribution in [0.5, 0.6) is 0 Å². The Balaban J connectivity index is 3.41. The third-order valence-corrected chi connectivity index (χ3v) is 3.56. The number of aryl methyl sites for hydroxylation is 1. The maximum atomic E-state index is 11.5. The zero-order valence-corrected chi connectivity index (χ0v) is 8.68. The molecule has 0 bridgehead atoms. The molecule has 0 radical (unpaired) electrons. The minimum Gasteiger partial charge on any atom is -0.445 e. The Kier molecular flexibility index (Phi) is 2.53. The Labute approximate surface area is 82.0 Å². The third kappa shape index (κ3) is 1.59. The minimum atomic E-state index is -3.63. The van der Waals surface area contributed by atoms with Gasteiger partial charge in [0.15, 0.2) is 9.84 Å². The quantitative estimate of drug-likeness (QED) is 0.784. The Morgan fingerprint density at radius 2 is 2.07 bits per heavy atom. The number of nitriles is 1. The van der Waals surface area contributed by atoms with E-state index in [1.165, 1.54) is 0 Å². The number of hydrogen-bond acceptors (Lipinski definition) is 5. The normalized spacial score (nSPS) is 11.2. The van der Waals surface area contributed by atoms with Gasteiger partial charge in [-0.2, -0.15) is 5.26 Å². The number of hydrogen-bond donors (Lipinski definition) is 1. The van der Waals surface area contributed by atoms with Crippen molar-refractivity contribution in [2.24, 2.45) is 0 Å². The molecule has 0 saturated carbocycles. The van der Waals surface area contributed by atoms with Gasteiger partial charge in [0.25, 0.3) is 0 Å². The van der Waals surface area contributed by atoms with Crippen LogP contribution >= 0.6 is 0 Å². The van der Waals surface area contributed by atoms with Crippen LogP contribution < -0.4 is 5.73 Å². The van der Waals surface area contributed by atoms with Crippen molar-refractivity contribution < 1.29 is 12.8 Å². The summed E-state index contributed by atoms with van der Waals surface area (Å²) in [5.41, 5.74) is 5.87. The number of sulfone groups is 1. The van der Waals surface area contributed by atoms with Crippen molar-refractivity contribution in [3.63, 3.8) is 0 Å². The van der Waals surface area contributed by atoms with Gasteiger partial charge in [-0.05, 0) is 13.8 Å². The molecule has 0 aromatic carbocycles. The lowest BCUT2D eigenvalue weighted by Crippen LogP contribution is -2.07. The van der Waals surface area contributed by atoms with E-state index in [1.807, 2.05) is 0 Å². The van der Waals surface area contributed by atoms with Crippen LogP contribution in [0.4, 0.5) is 5.88 Å². The number of nitrogens with zero attached hydrogens (tertiary/aromatic N) is 1. The first-order valence-corrected chi connectivity index (χ1v) is 5.50. The highest BCUT2D eigenvalue weighted by Crippen LogP contribution is 2.28. The lowest BCUT2D eigenvalue weighted by molar-refractivity contribution is 0.546. The van der Waals surface area contributed by atoms with Crippen LogP contribution in [0.1, 0.15) is 11.3 Å². The number of rotatable bonds is 2. The van der Waals surface area contributed by atoms with E-state index in [9.17, 15) is 8.42 Å². The summed E-state index contributed by atoms with van der Waals surface area (Å²) in [6.07, 6.45) is 0. The Bertz CT molecular complexity index is 493. The van der Waals surface area contributed by atoms with Crippen molar-refractivity contribution in [3.05, 3.63) is 11.3 Å². The molecule has 0 spiro atoms. The first-order valence-electron chi connectivity index (χ1n) is 3.85. The van der Waals surface area contributed by atoms with Gasteiger partial charge in [0.1, 0.15) is 16.4 Å². The number of nitrogen functional groups attached to an aromatic ring is 1.